The predicted molar refractivity (Wildman–Crippen MR) is 60.0 cm³/mol. The molecule has 0 saturated carbocycles. The minimum Gasteiger partial charge on any atom is -0.353 e. The summed E-state index contributed by atoms with van der Waals surface area (Å²) < 4.78 is 12.3. The molecule has 1 aromatic rings. The first-order valence-electron chi connectivity index (χ1n) is 4.84. The van der Waals surface area contributed by atoms with Crippen molar-refractivity contribution >= 4 is 23.1 Å². The van der Waals surface area contributed by atoms with Crippen LogP contribution in [0.2, 0.25) is 0 Å². The molecule has 2 nitrogen and oxygen atoms in total. The summed E-state index contributed by atoms with van der Waals surface area (Å²) in [6.07, 6.45) is 2.06. The van der Waals surface area contributed by atoms with Gasteiger partial charge in [-0.3, -0.25) is 0 Å². The Hall–Kier alpha value is -0.0300. The molecule has 1 aliphatic heterocycles. The van der Waals surface area contributed by atoms with Gasteiger partial charge in [0.25, 0.3) is 0 Å². The van der Waals surface area contributed by atoms with Crippen molar-refractivity contribution in [3.05, 3.63) is 17.5 Å². The number of thioether (sulfide) groups is 1. The van der Waals surface area contributed by atoms with Gasteiger partial charge in [-0.05, 0) is 17.9 Å². The van der Waals surface area contributed by atoms with Crippen molar-refractivity contribution in [3.63, 3.8) is 0 Å². The molecule has 1 aliphatic rings. The summed E-state index contributed by atoms with van der Waals surface area (Å²) in [4.78, 5) is 0. The maximum absolute atomic E-state index is 5.47. The first kappa shape index (κ1) is 10.5. The maximum atomic E-state index is 5.47. The van der Waals surface area contributed by atoms with Crippen LogP contribution in [-0.2, 0) is 9.47 Å². The quantitative estimate of drug-likeness (QED) is 0.741. The second-order valence-electron chi connectivity index (χ2n) is 3.09. The molecule has 2 rings (SSSR count). The summed E-state index contributed by atoms with van der Waals surface area (Å²) in [5, 5.41) is 2.11. The molecule has 14 heavy (non-hydrogen) atoms. The van der Waals surface area contributed by atoms with Crippen LogP contribution in [0.5, 0.6) is 0 Å². The number of rotatable bonds is 4. The van der Waals surface area contributed by atoms with E-state index in [9.17, 15) is 0 Å². The van der Waals surface area contributed by atoms with E-state index in [4.69, 9.17) is 9.47 Å². The molecule has 0 spiro atoms. The fourth-order valence-corrected chi connectivity index (χ4v) is 3.13. The van der Waals surface area contributed by atoms with Crippen LogP contribution in [0, 0.1) is 0 Å². The van der Waals surface area contributed by atoms with Crippen molar-refractivity contribution in [2.75, 3.05) is 19.0 Å². The minimum atomic E-state index is 0.0382. The highest BCUT2D eigenvalue weighted by molar-refractivity contribution is 8.01. The Labute approximate surface area is 92.6 Å². The van der Waals surface area contributed by atoms with E-state index in [1.54, 1.807) is 11.3 Å². The zero-order valence-corrected chi connectivity index (χ0v) is 9.61. The van der Waals surface area contributed by atoms with E-state index in [0.717, 1.165) is 31.8 Å². The van der Waals surface area contributed by atoms with E-state index in [-0.39, 0.29) is 6.29 Å². The van der Waals surface area contributed by atoms with E-state index >= 15 is 0 Å². The Morgan fingerprint density at radius 1 is 1.43 bits per heavy atom. The molecular weight excluding hydrogens is 216 g/mol. The predicted octanol–water partition coefficient (Wildman–Crippen LogP) is 2.99. The Bertz CT molecular complexity index is 243. The molecule has 0 bridgehead atoms. The van der Waals surface area contributed by atoms with E-state index in [1.807, 2.05) is 11.8 Å². The van der Waals surface area contributed by atoms with Gasteiger partial charge in [0.2, 0.25) is 0 Å². The van der Waals surface area contributed by atoms with Crippen LogP contribution in [0.4, 0.5) is 0 Å². The molecule has 0 atom stereocenters. The van der Waals surface area contributed by atoms with E-state index < -0.39 is 0 Å². The summed E-state index contributed by atoms with van der Waals surface area (Å²) >= 11 is 3.67. The lowest BCUT2D eigenvalue weighted by Crippen LogP contribution is -2.25. The van der Waals surface area contributed by atoms with Gasteiger partial charge in [0.1, 0.15) is 0 Å². The molecular formula is C10H14O2S2. The molecule has 1 aromatic heterocycles. The van der Waals surface area contributed by atoms with E-state index in [2.05, 4.69) is 17.5 Å². The molecule has 1 saturated heterocycles. The van der Waals surface area contributed by atoms with Gasteiger partial charge in [-0.1, -0.05) is 6.07 Å². The molecule has 0 unspecified atom stereocenters. The zero-order valence-electron chi connectivity index (χ0n) is 7.98. The SMILES string of the molecule is c1csc(SCCC2OCCCO2)c1. The molecule has 0 radical (unpaired) electrons. The molecule has 0 aliphatic carbocycles. The van der Waals surface area contributed by atoms with Crippen molar-refractivity contribution < 1.29 is 9.47 Å². The third-order valence-corrected chi connectivity index (χ3v) is 4.15. The molecule has 0 aromatic carbocycles. The maximum Gasteiger partial charge on any atom is 0.158 e. The van der Waals surface area contributed by atoms with Crippen LogP contribution in [-0.4, -0.2) is 25.3 Å². The highest BCUT2D eigenvalue weighted by Gasteiger charge is 2.13. The van der Waals surface area contributed by atoms with E-state index in [0.29, 0.717) is 0 Å². The van der Waals surface area contributed by atoms with Gasteiger partial charge in [0, 0.05) is 12.2 Å². The van der Waals surface area contributed by atoms with Gasteiger partial charge in [0.05, 0.1) is 17.4 Å². The lowest BCUT2D eigenvalue weighted by atomic mass is 10.4. The third-order valence-electron chi connectivity index (χ3n) is 1.99. The molecule has 78 valence electrons. The fourth-order valence-electron chi connectivity index (χ4n) is 1.30. The summed E-state index contributed by atoms with van der Waals surface area (Å²) in [6.45, 7) is 1.71. The molecule has 2 heterocycles. The van der Waals surface area contributed by atoms with Gasteiger partial charge in [0.15, 0.2) is 6.29 Å². The zero-order chi connectivity index (χ0) is 9.64. The lowest BCUT2D eigenvalue weighted by molar-refractivity contribution is -0.178. The van der Waals surface area contributed by atoms with Gasteiger partial charge < -0.3 is 9.47 Å². The number of hydrogen-bond donors (Lipinski definition) is 0. The Kier molecular flexibility index (Phi) is 4.31. The normalized spacial score (nSPS) is 18.6. The van der Waals surface area contributed by atoms with E-state index in [1.165, 1.54) is 4.21 Å². The monoisotopic (exact) mass is 230 g/mol. The topological polar surface area (TPSA) is 18.5 Å². The van der Waals surface area contributed by atoms with Crippen molar-refractivity contribution in [2.45, 2.75) is 23.3 Å². The van der Waals surface area contributed by atoms with Crippen molar-refractivity contribution in [1.82, 2.24) is 0 Å². The average Bonchev–Trinajstić information content (AvgIpc) is 2.72. The van der Waals surface area contributed by atoms with Crippen LogP contribution in [0.3, 0.4) is 0 Å². The minimum absolute atomic E-state index is 0.0382. The lowest BCUT2D eigenvalue weighted by Gasteiger charge is -2.22. The van der Waals surface area contributed by atoms with Crippen LogP contribution >= 0.6 is 23.1 Å². The largest absolute Gasteiger partial charge is 0.353 e. The first-order chi connectivity index (χ1) is 6.95. The van der Waals surface area contributed by atoms with Gasteiger partial charge >= 0.3 is 0 Å². The van der Waals surface area contributed by atoms with Crippen LogP contribution in [0.1, 0.15) is 12.8 Å². The van der Waals surface area contributed by atoms with Crippen LogP contribution in [0.15, 0.2) is 21.7 Å². The third kappa shape index (κ3) is 3.28. The summed E-state index contributed by atoms with van der Waals surface area (Å²) in [6, 6.07) is 4.23. The number of thiophene rings is 1. The second-order valence-corrected chi connectivity index (χ2v) is 5.44. The Morgan fingerprint density at radius 3 is 3.00 bits per heavy atom. The Morgan fingerprint density at radius 2 is 2.29 bits per heavy atom. The Balaban J connectivity index is 1.62. The first-order valence-corrected chi connectivity index (χ1v) is 6.71. The van der Waals surface area contributed by atoms with Gasteiger partial charge in [-0.2, -0.15) is 0 Å². The molecule has 1 fully saturated rings. The van der Waals surface area contributed by atoms with Crippen molar-refractivity contribution in [2.24, 2.45) is 0 Å². The van der Waals surface area contributed by atoms with Crippen molar-refractivity contribution in [3.8, 4) is 0 Å². The molecule has 0 amide bonds. The van der Waals surface area contributed by atoms with Gasteiger partial charge in [-0.15, -0.1) is 23.1 Å². The summed E-state index contributed by atoms with van der Waals surface area (Å²) in [5.74, 6) is 1.07. The van der Waals surface area contributed by atoms with Crippen molar-refractivity contribution in [1.29, 1.82) is 0 Å². The summed E-state index contributed by atoms with van der Waals surface area (Å²) in [5.41, 5.74) is 0. The van der Waals surface area contributed by atoms with Crippen LogP contribution < -0.4 is 0 Å². The van der Waals surface area contributed by atoms with Crippen LogP contribution in [0.25, 0.3) is 0 Å². The summed E-state index contributed by atoms with van der Waals surface area (Å²) in [7, 11) is 0. The number of ether oxygens (including phenoxy) is 2. The highest BCUT2D eigenvalue weighted by atomic mass is 32.2. The smallest absolute Gasteiger partial charge is 0.158 e. The molecule has 0 N–H and O–H groups in total. The highest BCUT2D eigenvalue weighted by Crippen LogP contribution is 2.25. The molecule has 4 heteroatoms. The average molecular weight is 230 g/mol. The fraction of sp³-hybridized carbons (Fsp3) is 0.600. The standard InChI is InChI=1S/C10H14O2S2/c1-3-10(13-7-1)14-8-4-9-11-5-2-6-12-9/h1,3,7,9H,2,4-6,8H2. The number of hydrogen-bond acceptors (Lipinski definition) is 4. The van der Waals surface area contributed by atoms with Gasteiger partial charge in [-0.25, -0.2) is 0 Å². The second kappa shape index (κ2) is 5.75.